The number of nitrogens with zero attached hydrogens (tertiary/aromatic N) is 4. The second-order valence-electron chi connectivity index (χ2n) is 14.9. The fraction of sp³-hybridized carbons (Fsp3) is 0. The van der Waals surface area contributed by atoms with Gasteiger partial charge < -0.3 is 13.5 Å². The molecule has 4 heterocycles. The Hall–Kier alpha value is -7.33. The summed E-state index contributed by atoms with van der Waals surface area (Å²) >= 11 is 0. The van der Waals surface area contributed by atoms with Gasteiger partial charge in [-0.3, -0.25) is 9.97 Å². The molecule has 0 radical (unpaired) electrons. The first-order valence-corrected chi connectivity index (χ1v) is 19.7. The second-order valence-corrected chi connectivity index (χ2v) is 14.9. The maximum absolute atomic E-state index is 6.62. The fourth-order valence-electron chi connectivity index (χ4n) is 8.79. The molecule has 0 spiro atoms. The van der Waals surface area contributed by atoms with Crippen molar-refractivity contribution in [3.8, 4) is 56.0 Å². The van der Waals surface area contributed by atoms with Crippen molar-refractivity contribution in [1.29, 1.82) is 0 Å². The van der Waals surface area contributed by atoms with E-state index in [0.29, 0.717) is 11.5 Å². The summed E-state index contributed by atoms with van der Waals surface area (Å²) in [6.07, 6.45) is 7.76. The van der Waals surface area contributed by atoms with Gasteiger partial charge in [0.2, 0.25) is 0 Å². The number of hydrogen-bond acceptors (Lipinski definition) is 3. The molecular formula is C54H32N4OPt. The number of benzene rings is 8. The Morgan fingerprint density at radius 2 is 0.733 bits per heavy atom. The predicted octanol–water partition coefficient (Wildman–Crippen LogP) is 13.7. The van der Waals surface area contributed by atoms with Gasteiger partial charge in [-0.25, -0.2) is 0 Å². The fourth-order valence-corrected chi connectivity index (χ4v) is 8.79. The van der Waals surface area contributed by atoms with E-state index in [1.807, 2.05) is 36.9 Å². The molecule has 4 aromatic heterocycles. The molecule has 284 valence electrons. The summed E-state index contributed by atoms with van der Waals surface area (Å²) in [4.78, 5) is 9.68. The van der Waals surface area contributed by atoms with E-state index in [1.165, 1.54) is 22.3 Å². The molecule has 0 aliphatic heterocycles. The van der Waals surface area contributed by atoms with Crippen LogP contribution in [0.15, 0.2) is 195 Å². The zero-order valence-electron chi connectivity index (χ0n) is 32.0. The van der Waals surface area contributed by atoms with E-state index in [-0.39, 0.29) is 21.1 Å². The van der Waals surface area contributed by atoms with Gasteiger partial charge in [-0.1, -0.05) is 179 Å². The van der Waals surface area contributed by atoms with Gasteiger partial charge in [-0.2, -0.15) is 0 Å². The van der Waals surface area contributed by atoms with Gasteiger partial charge >= 0.3 is 21.1 Å². The molecule has 60 heavy (non-hydrogen) atoms. The quantitative estimate of drug-likeness (QED) is 0.123. The van der Waals surface area contributed by atoms with Crippen LogP contribution in [0.1, 0.15) is 0 Å². The Morgan fingerprint density at radius 1 is 0.383 bits per heavy atom. The third kappa shape index (κ3) is 5.81. The zero-order valence-corrected chi connectivity index (χ0v) is 34.3. The van der Waals surface area contributed by atoms with Crippen LogP contribution in [-0.2, 0) is 21.1 Å². The van der Waals surface area contributed by atoms with Crippen molar-refractivity contribution >= 4 is 54.6 Å². The van der Waals surface area contributed by atoms with Gasteiger partial charge in [-0.05, 0) is 67.4 Å². The maximum Gasteiger partial charge on any atom is 2.00 e. The molecule has 5 nitrogen and oxygen atoms in total. The molecule has 0 atom stereocenters. The van der Waals surface area contributed by atoms with Gasteiger partial charge in [0.15, 0.2) is 0 Å². The van der Waals surface area contributed by atoms with E-state index in [1.54, 1.807) is 0 Å². The first-order valence-electron chi connectivity index (χ1n) is 19.7. The summed E-state index contributed by atoms with van der Waals surface area (Å²) in [5.74, 6) is 1.17. The smallest absolute Gasteiger partial charge is 0.497 e. The minimum Gasteiger partial charge on any atom is -0.497 e. The first-order chi connectivity index (χ1) is 29.2. The van der Waals surface area contributed by atoms with Crippen LogP contribution in [0, 0.1) is 12.1 Å². The average molecular weight is 948 g/mol. The van der Waals surface area contributed by atoms with Crippen LogP contribution in [0.25, 0.3) is 99.2 Å². The van der Waals surface area contributed by atoms with Gasteiger partial charge in [0.25, 0.3) is 0 Å². The Bertz CT molecular complexity index is 3330. The Morgan fingerprint density at radius 3 is 1.10 bits per heavy atom. The molecule has 6 heteroatoms. The number of hydrogen-bond donors (Lipinski definition) is 0. The minimum atomic E-state index is 0. The second kappa shape index (κ2) is 14.5. The third-order valence-corrected chi connectivity index (χ3v) is 11.5. The Labute approximate surface area is 360 Å². The molecule has 0 aliphatic carbocycles. The number of rotatable bonds is 6. The largest absolute Gasteiger partial charge is 2.00 e. The molecule has 12 rings (SSSR count). The number of aromatic nitrogens is 4. The van der Waals surface area contributed by atoms with Crippen molar-refractivity contribution in [3.63, 3.8) is 0 Å². The number of imidazole rings is 2. The first kappa shape index (κ1) is 35.8. The summed E-state index contributed by atoms with van der Waals surface area (Å²) in [6.45, 7) is 0. The number of ether oxygens (including phenoxy) is 1. The molecule has 12 aromatic rings. The molecule has 8 aromatic carbocycles. The van der Waals surface area contributed by atoms with E-state index < -0.39 is 0 Å². The summed E-state index contributed by atoms with van der Waals surface area (Å²) in [7, 11) is 0. The maximum atomic E-state index is 6.62. The SMILES string of the molecule is [Pt+2].[c-]1c(Oc2[c-]c3c(cc2)c2cc(-c4ccccc4)c(-c4ccccc4)cc2n2ccnc32)ccc2c1c1nccn1c1cc(-c3ccccc3)c(-c3ccccc3)cc21. The minimum absolute atomic E-state index is 0. The van der Waals surface area contributed by atoms with Crippen LogP contribution >= 0.6 is 0 Å². The molecule has 0 amide bonds. The average Bonchev–Trinajstić information content (AvgIpc) is 4.02. The summed E-state index contributed by atoms with van der Waals surface area (Å²) in [5, 5.41) is 6.11. The predicted molar refractivity (Wildman–Crippen MR) is 240 cm³/mol. The molecule has 0 bridgehead atoms. The van der Waals surface area contributed by atoms with Crippen molar-refractivity contribution in [2.75, 3.05) is 0 Å². The summed E-state index contributed by atoms with van der Waals surface area (Å²) in [6, 6.07) is 67.0. The van der Waals surface area contributed by atoms with E-state index in [0.717, 1.165) is 76.9 Å². The van der Waals surface area contributed by atoms with Crippen LogP contribution in [0.4, 0.5) is 0 Å². The van der Waals surface area contributed by atoms with Gasteiger partial charge in [-0.15, -0.1) is 12.1 Å². The Balaban J connectivity index is 0.00000408. The van der Waals surface area contributed by atoms with Gasteiger partial charge in [0.1, 0.15) is 0 Å². The zero-order chi connectivity index (χ0) is 38.9. The van der Waals surface area contributed by atoms with Crippen molar-refractivity contribution in [3.05, 3.63) is 207 Å². The molecule has 0 saturated heterocycles. The van der Waals surface area contributed by atoms with Crippen LogP contribution in [-0.4, -0.2) is 18.8 Å². The monoisotopic (exact) mass is 947 g/mol. The van der Waals surface area contributed by atoms with E-state index >= 15 is 0 Å². The summed E-state index contributed by atoms with van der Waals surface area (Å²) in [5.41, 5.74) is 13.1. The van der Waals surface area contributed by atoms with Crippen molar-refractivity contribution < 1.29 is 25.8 Å². The van der Waals surface area contributed by atoms with E-state index in [2.05, 4.69) is 179 Å². The topological polar surface area (TPSA) is 43.8 Å². The summed E-state index contributed by atoms with van der Waals surface area (Å²) < 4.78 is 10.9. The normalized spacial score (nSPS) is 11.5. The standard InChI is InChI=1S/C54H32N4O.Pt/c1-5-13-35(14-6-1)43-31-47-41-23-21-39(29-49(41)53-55-25-27-57(53)51(47)33-45(43)37-17-9-3-10-18-37)59-40-22-24-42-48-32-44(36-15-7-2-8-16-36)46(38-19-11-4-12-20-38)34-52(48)58-28-26-56-54(58)50(42)30-40;/h1-28,31-34H;/q-2;+2. The molecule has 0 N–H and O–H groups in total. The molecule has 0 saturated carbocycles. The molecule has 0 aliphatic rings. The molecule has 0 unspecified atom stereocenters. The van der Waals surface area contributed by atoms with Crippen molar-refractivity contribution in [2.45, 2.75) is 0 Å². The van der Waals surface area contributed by atoms with Gasteiger partial charge in [0, 0.05) is 47.3 Å². The van der Waals surface area contributed by atoms with Crippen LogP contribution < -0.4 is 4.74 Å². The van der Waals surface area contributed by atoms with Crippen molar-refractivity contribution in [1.82, 2.24) is 18.8 Å². The molecule has 0 fully saturated rings. The number of pyridine rings is 2. The third-order valence-electron chi connectivity index (χ3n) is 11.5. The van der Waals surface area contributed by atoms with E-state index in [4.69, 9.17) is 14.7 Å². The van der Waals surface area contributed by atoms with Crippen LogP contribution in [0.3, 0.4) is 0 Å². The van der Waals surface area contributed by atoms with Crippen LogP contribution in [0.2, 0.25) is 0 Å². The van der Waals surface area contributed by atoms with Gasteiger partial charge in [0.05, 0.1) is 11.3 Å². The van der Waals surface area contributed by atoms with Crippen molar-refractivity contribution in [2.24, 2.45) is 0 Å². The molecular weight excluding hydrogens is 916 g/mol. The Kier molecular flexibility index (Phi) is 8.65. The van der Waals surface area contributed by atoms with Crippen LogP contribution in [0.5, 0.6) is 11.5 Å². The number of fused-ring (bicyclic) bond motifs is 12. The van der Waals surface area contributed by atoms with E-state index in [9.17, 15) is 0 Å².